The predicted octanol–water partition coefficient (Wildman–Crippen LogP) is 3.69. The quantitative estimate of drug-likeness (QED) is 0.733. The molecular formula is C22H29N3O3S2. The van der Waals surface area contributed by atoms with Gasteiger partial charge in [0.25, 0.3) is 10.0 Å². The Morgan fingerprint density at radius 3 is 2.67 bits per heavy atom. The van der Waals surface area contributed by atoms with Crippen molar-refractivity contribution in [2.75, 3.05) is 31.5 Å². The molecule has 0 aliphatic carbocycles. The second-order valence-electron chi connectivity index (χ2n) is 8.24. The standard InChI is InChI=1S/C22H29N3O3S2/c1-17-9-10-21(29-17)30(27,28)25-13-5-7-19(16-25)22(26)23-20-8-4-6-18(14-20)15-24-11-2-3-12-24/h4,6,8-10,14,19H,2-3,5,7,11-13,15-16H2,1H3,(H,23,26). The zero-order chi connectivity index (χ0) is 21.1. The SMILES string of the molecule is Cc1ccc(S(=O)(=O)N2CCCC(C(=O)Nc3cccc(CN4CCCC4)c3)C2)s1. The van der Waals surface area contributed by atoms with Crippen LogP contribution in [0.3, 0.4) is 0 Å². The lowest BCUT2D eigenvalue weighted by atomic mass is 9.98. The van der Waals surface area contributed by atoms with Crippen LogP contribution >= 0.6 is 11.3 Å². The van der Waals surface area contributed by atoms with E-state index in [1.165, 1.54) is 34.0 Å². The van der Waals surface area contributed by atoms with E-state index in [9.17, 15) is 13.2 Å². The summed E-state index contributed by atoms with van der Waals surface area (Å²) in [5.41, 5.74) is 1.97. The van der Waals surface area contributed by atoms with Crippen LogP contribution in [0, 0.1) is 12.8 Å². The summed E-state index contributed by atoms with van der Waals surface area (Å²) in [6, 6.07) is 11.5. The van der Waals surface area contributed by atoms with Gasteiger partial charge in [-0.15, -0.1) is 11.3 Å². The number of aryl methyl sites for hydroxylation is 1. The number of hydrogen-bond donors (Lipinski definition) is 1. The van der Waals surface area contributed by atoms with Gasteiger partial charge in [0.1, 0.15) is 4.21 Å². The second-order valence-corrected chi connectivity index (χ2v) is 11.7. The van der Waals surface area contributed by atoms with Crippen LogP contribution in [0.2, 0.25) is 0 Å². The third-order valence-electron chi connectivity index (χ3n) is 5.86. The van der Waals surface area contributed by atoms with E-state index in [4.69, 9.17) is 0 Å². The molecule has 0 saturated carbocycles. The zero-order valence-electron chi connectivity index (χ0n) is 17.3. The number of nitrogens with one attached hydrogen (secondary N) is 1. The Morgan fingerprint density at radius 1 is 1.13 bits per heavy atom. The summed E-state index contributed by atoms with van der Waals surface area (Å²) in [5.74, 6) is -0.438. The Hall–Kier alpha value is -1.74. The molecule has 1 aromatic carbocycles. The van der Waals surface area contributed by atoms with E-state index < -0.39 is 10.0 Å². The second kappa shape index (κ2) is 9.18. The Bertz CT molecular complexity index is 997. The van der Waals surface area contributed by atoms with Gasteiger partial charge in [0.2, 0.25) is 5.91 Å². The summed E-state index contributed by atoms with van der Waals surface area (Å²) in [7, 11) is -3.53. The molecule has 1 atom stereocenters. The number of nitrogens with zero attached hydrogens (tertiary/aromatic N) is 2. The van der Waals surface area contributed by atoms with Crippen LogP contribution in [0.15, 0.2) is 40.6 Å². The molecule has 1 unspecified atom stereocenters. The lowest BCUT2D eigenvalue weighted by Gasteiger charge is -2.30. The number of thiophene rings is 1. The largest absolute Gasteiger partial charge is 0.326 e. The van der Waals surface area contributed by atoms with Gasteiger partial charge in [0.15, 0.2) is 0 Å². The minimum absolute atomic E-state index is 0.101. The van der Waals surface area contributed by atoms with Crippen molar-refractivity contribution < 1.29 is 13.2 Å². The van der Waals surface area contributed by atoms with Gasteiger partial charge in [0.05, 0.1) is 5.92 Å². The molecule has 30 heavy (non-hydrogen) atoms. The zero-order valence-corrected chi connectivity index (χ0v) is 19.0. The molecule has 162 valence electrons. The van der Waals surface area contributed by atoms with Gasteiger partial charge in [-0.3, -0.25) is 9.69 Å². The van der Waals surface area contributed by atoms with Gasteiger partial charge in [-0.25, -0.2) is 8.42 Å². The molecule has 2 fully saturated rings. The lowest BCUT2D eigenvalue weighted by Crippen LogP contribution is -2.43. The molecule has 1 aromatic heterocycles. The number of rotatable bonds is 6. The van der Waals surface area contributed by atoms with Crippen LogP contribution in [0.4, 0.5) is 5.69 Å². The maximum Gasteiger partial charge on any atom is 0.252 e. The predicted molar refractivity (Wildman–Crippen MR) is 120 cm³/mol. The van der Waals surface area contributed by atoms with Gasteiger partial charge < -0.3 is 5.32 Å². The van der Waals surface area contributed by atoms with Crippen molar-refractivity contribution in [2.45, 2.75) is 43.4 Å². The number of anilines is 1. The molecule has 8 heteroatoms. The normalized spacial score (nSPS) is 21.0. The fourth-order valence-electron chi connectivity index (χ4n) is 4.24. The van der Waals surface area contributed by atoms with E-state index in [2.05, 4.69) is 16.3 Å². The Labute approximate surface area is 182 Å². The van der Waals surface area contributed by atoms with Crippen LogP contribution in [-0.2, 0) is 21.4 Å². The maximum absolute atomic E-state index is 12.9. The molecule has 0 bridgehead atoms. The van der Waals surface area contributed by atoms with Crippen LogP contribution in [-0.4, -0.2) is 49.7 Å². The van der Waals surface area contributed by atoms with E-state index in [1.807, 2.05) is 31.2 Å². The van der Waals surface area contributed by atoms with Crippen LogP contribution < -0.4 is 5.32 Å². The first kappa shape index (κ1) is 21.5. The highest BCUT2D eigenvalue weighted by atomic mass is 32.2. The highest BCUT2D eigenvalue weighted by molar-refractivity contribution is 7.91. The van der Waals surface area contributed by atoms with Gasteiger partial charge in [-0.05, 0) is 75.5 Å². The van der Waals surface area contributed by atoms with E-state index >= 15 is 0 Å². The fraction of sp³-hybridized carbons (Fsp3) is 0.500. The minimum atomic E-state index is -3.53. The van der Waals surface area contributed by atoms with Crippen LogP contribution in [0.5, 0.6) is 0 Å². The molecule has 2 aromatic rings. The smallest absolute Gasteiger partial charge is 0.252 e. The van der Waals surface area contributed by atoms with E-state index in [1.54, 1.807) is 6.07 Å². The molecule has 3 heterocycles. The molecule has 2 saturated heterocycles. The fourth-order valence-corrected chi connectivity index (χ4v) is 7.20. The number of benzene rings is 1. The highest BCUT2D eigenvalue weighted by Gasteiger charge is 2.34. The first-order valence-corrected chi connectivity index (χ1v) is 12.9. The Kier molecular flexibility index (Phi) is 6.57. The number of amides is 1. The van der Waals surface area contributed by atoms with Gasteiger partial charge >= 0.3 is 0 Å². The van der Waals surface area contributed by atoms with E-state index in [0.717, 1.165) is 30.2 Å². The first-order valence-electron chi connectivity index (χ1n) is 10.6. The number of sulfonamides is 1. The highest BCUT2D eigenvalue weighted by Crippen LogP contribution is 2.29. The lowest BCUT2D eigenvalue weighted by molar-refractivity contribution is -0.120. The van der Waals surface area contributed by atoms with Crippen molar-refractivity contribution in [3.63, 3.8) is 0 Å². The molecule has 2 aliphatic rings. The van der Waals surface area contributed by atoms with Crippen molar-refractivity contribution in [3.8, 4) is 0 Å². The Balaban J connectivity index is 1.40. The summed E-state index contributed by atoms with van der Waals surface area (Å²) in [6.07, 6.45) is 3.90. The molecule has 6 nitrogen and oxygen atoms in total. The molecule has 0 radical (unpaired) electrons. The molecule has 1 amide bonds. The summed E-state index contributed by atoms with van der Waals surface area (Å²) in [6.45, 7) is 5.76. The average molecular weight is 448 g/mol. The van der Waals surface area contributed by atoms with E-state index in [0.29, 0.717) is 23.6 Å². The number of carbonyl (C=O) groups excluding carboxylic acids is 1. The molecule has 2 aliphatic heterocycles. The molecule has 4 rings (SSSR count). The maximum atomic E-state index is 12.9. The van der Waals surface area contributed by atoms with Crippen molar-refractivity contribution in [3.05, 3.63) is 46.8 Å². The number of likely N-dealkylation sites (tertiary alicyclic amines) is 1. The van der Waals surface area contributed by atoms with Crippen molar-refractivity contribution in [1.82, 2.24) is 9.21 Å². The summed E-state index contributed by atoms with van der Waals surface area (Å²) < 4.78 is 27.7. The third kappa shape index (κ3) is 4.94. The summed E-state index contributed by atoms with van der Waals surface area (Å²) in [5, 5.41) is 3.02. The molecular weight excluding hydrogens is 418 g/mol. The van der Waals surface area contributed by atoms with E-state index in [-0.39, 0.29) is 18.4 Å². The third-order valence-corrected chi connectivity index (χ3v) is 9.20. The van der Waals surface area contributed by atoms with Crippen molar-refractivity contribution >= 4 is 33.0 Å². The number of piperidine rings is 1. The van der Waals surface area contributed by atoms with Crippen LogP contribution in [0.1, 0.15) is 36.1 Å². The monoisotopic (exact) mass is 447 g/mol. The summed E-state index contributed by atoms with van der Waals surface area (Å²) >= 11 is 1.28. The Morgan fingerprint density at radius 2 is 1.93 bits per heavy atom. The number of hydrogen-bond acceptors (Lipinski definition) is 5. The molecule has 0 spiro atoms. The average Bonchev–Trinajstić information content (AvgIpc) is 3.40. The molecule has 1 N–H and O–H groups in total. The van der Waals surface area contributed by atoms with Crippen LogP contribution in [0.25, 0.3) is 0 Å². The minimum Gasteiger partial charge on any atom is -0.326 e. The van der Waals surface area contributed by atoms with Gasteiger partial charge in [-0.1, -0.05) is 12.1 Å². The summed E-state index contributed by atoms with van der Waals surface area (Å²) in [4.78, 5) is 16.3. The first-order chi connectivity index (χ1) is 14.4. The van der Waals surface area contributed by atoms with Gasteiger partial charge in [-0.2, -0.15) is 4.31 Å². The van der Waals surface area contributed by atoms with Gasteiger partial charge in [0, 0.05) is 30.2 Å². The van der Waals surface area contributed by atoms with Crippen molar-refractivity contribution in [1.29, 1.82) is 0 Å². The number of carbonyl (C=O) groups is 1. The topological polar surface area (TPSA) is 69.7 Å². The van der Waals surface area contributed by atoms with Crippen molar-refractivity contribution in [2.24, 2.45) is 5.92 Å².